The fourth-order valence-electron chi connectivity index (χ4n) is 9.06. The van der Waals surface area contributed by atoms with E-state index in [4.69, 9.17) is 4.74 Å². The minimum Gasteiger partial charge on any atom is -0.395 e. The highest BCUT2D eigenvalue weighted by atomic mass is 16.5. The van der Waals surface area contributed by atoms with Gasteiger partial charge in [0, 0.05) is 18.5 Å². The van der Waals surface area contributed by atoms with Crippen LogP contribution in [0, 0.1) is 34.0 Å². The first-order valence-corrected chi connectivity index (χ1v) is 10.7. The Hall–Kier alpha value is -0.710. The van der Waals surface area contributed by atoms with Crippen molar-refractivity contribution in [1.82, 2.24) is 4.90 Å². The van der Waals surface area contributed by atoms with Crippen molar-refractivity contribution in [3.8, 4) is 0 Å². The van der Waals surface area contributed by atoms with Gasteiger partial charge in [-0.25, -0.2) is 0 Å². The van der Waals surface area contributed by atoms with Crippen LogP contribution in [0.1, 0.15) is 51.9 Å². The summed E-state index contributed by atoms with van der Waals surface area (Å²) in [5, 5.41) is 9.68. The first-order valence-electron chi connectivity index (χ1n) is 10.7. The molecule has 3 heterocycles. The van der Waals surface area contributed by atoms with E-state index in [1.807, 2.05) is 0 Å². The number of fused-ring (bicyclic) bond motifs is 2. The quantitative estimate of drug-likeness (QED) is 0.772. The lowest BCUT2D eigenvalue weighted by atomic mass is 9.32. The second kappa shape index (κ2) is 4.82. The Morgan fingerprint density at radius 3 is 2.92 bits per heavy atom. The van der Waals surface area contributed by atoms with Gasteiger partial charge >= 0.3 is 0 Å². The summed E-state index contributed by atoms with van der Waals surface area (Å²) in [6.07, 6.45) is 8.29. The van der Waals surface area contributed by atoms with Gasteiger partial charge < -0.3 is 9.84 Å². The Morgan fingerprint density at radius 2 is 2.12 bits per heavy atom. The van der Waals surface area contributed by atoms with Crippen LogP contribution in [0.25, 0.3) is 0 Å². The van der Waals surface area contributed by atoms with Gasteiger partial charge in [-0.15, -0.1) is 0 Å². The number of ketones is 1. The maximum absolute atomic E-state index is 13.5. The molecule has 142 valence electrons. The molecule has 8 fully saturated rings. The van der Waals surface area contributed by atoms with Crippen LogP contribution >= 0.6 is 0 Å². The molecule has 0 aromatic heterocycles. The molecule has 3 aliphatic heterocycles. The molecule has 3 saturated heterocycles. The van der Waals surface area contributed by atoms with Gasteiger partial charge in [-0.3, -0.25) is 9.69 Å². The van der Waals surface area contributed by atoms with Crippen LogP contribution in [0.5, 0.6) is 0 Å². The molecule has 4 heteroatoms. The number of β-amino-alcohol motifs (C(OH)–C–C–N with tert-alkyl or cyclic N) is 1. The van der Waals surface area contributed by atoms with Gasteiger partial charge in [0.15, 0.2) is 5.78 Å². The number of piperidine rings is 1. The number of rotatable bonds is 2. The highest BCUT2D eigenvalue weighted by Gasteiger charge is 2.79. The molecule has 0 aromatic rings. The molecule has 5 saturated carbocycles. The highest BCUT2D eigenvalue weighted by molar-refractivity contribution is 6.02. The van der Waals surface area contributed by atoms with E-state index in [2.05, 4.69) is 18.4 Å². The number of carbonyl (C=O) groups excluding carboxylic acids is 1. The predicted octanol–water partition coefficient (Wildman–Crippen LogP) is 2.76. The largest absolute Gasteiger partial charge is 0.395 e. The minimum atomic E-state index is -0.278. The monoisotopic (exact) mass is 357 g/mol. The average molecular weight is 357 g/mol. The van der Waals surface area contributed by atoms with Crippen LogP contribution in [0.15, 0.2) is 12.2 Å². The van der Waals surface area contributed by atoms with E-state index in [1.165, 1.54) is 19.3 Å². The first kappa shape index (κ1) is 16.3. The van der Waals surface area contributed by atoms with Crippen LogP contribution in [0.4, 0.5) is 0 Å². The molecule has 8 atom stereocenters. The van der Waals surface area contributed by atoms with Crippen molar-refractivity contribution >= 4 is 5.78 Å². The van der Waals surface area contributed by atoms with Crippen LogP contribution in [0.2, 0.25) is 0 Å². The minimum absolute atomic E-state index is 0.0637. The number of likely N-dealkylation sites (tertiary alicyclic amines) is 1. The average Bonchev–Trinajstić information content (AvgIpc) is 2.63. The van der Waals surface area contributed by atoms with Crippen LogP contribution in [0.3, 0.4) is 0 Å². The molecule has 4 nitrogen and oxygen atoms in total. The summed E-state index contributed by atoms with van der Waals surface area (Å²) < 4.78 is 6.80. The molecule has 0 radical (unpaired) electrons. The van der Waals surface area contributed by atoms with E-state index in [1.54, 1.807) is 0 Å². The summed E-state index contributed by atoms with van der Waals surface area (Å²) in [5.74, 6) is 1.91. The molecule has 1 N–H and O–H groups in total. The Balaban J connectivity index is 1.54. The molecule has 0 aromatic carbocycles. The number of aliphatic hydroxyl groups is 1. The first-order chi connectivity index (χ1) is 12.5. The number of hydrogen-bond donors (Lipinski definition) is 1. The number of carbonyl (C=O) groups is 1. The zero-order chi connectivity index (χ0) is 17.9. The molecular weight excluding hydrogens is 326 g/mol. The van der Waals surface area contributed by atoms with Crippen molar-refractivity contribution in [2.75, 3.05) is 19.7 Å². The molecule has 2 spiro atoms. The van der Waals surface area contributed by atoms with Crippen LogP contribution in [-0.4, -0.2) is 47.8 Å². The Kier molecular flexibility index (Phi) is 3.01. The van der Waals surface area contributed by atoms with E-state index < -0.39 is 0 Å². The summed E-state index contributed by atoms with van der Waals surface area (Å²) in [6, 6.07) is 0. The highest BCUT2D eigenvalue weighted by Crippen LogP contribution is 2.77. The van der Waals surface area contributed by atoms with Crippen LogP contribution in [-0.2, 0) is 9.53 Å². The number of Topliss-reactive ketones (excluding diaryl/α,β-unsaturated/α-hetero) is 1. The van der Waals surface area contributed by atoms with Crippen molar-refractivity contribution in [3.63, 3.8) is 0 Å². The van der Waals surface area contributed by atoms with E-state index in [9.17, 15) is 9.90 Å². The summed E-state index contributed by atoms with van der Waals surface area (Å²) in [4.78, 5) is 15.9. The molecule has 2 unspecified atom stereocenters. The van der Waals surface area contributed by atoms with E-state index >= 15 is 0 Å². The van der Waals surface area contributed by atoms with Crippen molar-refractivity contribution in [3.05, 3.63) is 12.2 Å². The van der Waals surface area contributed by atoms with E-state index in [0.29, 0.717) is 35.5 Å². The molecular formula is C22H31NO3. The number of allylic oxidation sites excluding steroid dienone is 1. The van der Waals surface area contributed by atoms with Gasteiger partial charge in [-0.1, -0.05) is 19.9 Å². The second-order valence-electron chi connectivity index (χ2n) is 10.5. The summed E-state index contributed by atoms with van der Waals surface area (Å²) in [5.41, 5.74) is 1.05. The van der Waals surface area contributed by atoms with Gasteiger partial charge in [-0.05, 0) is 67.3 Å². The third kappa shape index (κ3) is 1.52. The lowest BCUT2D eigenvalue weighted by molar-refractivity contribution is -0.384. The standard InChI is InChI=1S/C22H31NO3/c1-13-14-4-7-22(18(13)25)16(10-14)21-6-3-5-20(2)12-23(8-9-24)19(21)26-17(22)11-15(20)21/h14-17,19,24H,1,3-12H2,2H3/t14-,15?,16?,17+,19+,20-,21-,22+/m0/s1. The molecule has 5 aliphatic carbocycles. The topological polar surface area (TPSA) is 49.8 Å². The summed E-state index contributed by atoms with van der Waals surface area (Å²) in [7, 11) is 0. The third-order valence-electron chi connectivity index (χ3n) is 9.81. The number of aliphatic hydroxyl groups excluding tert-OH is 1. The van der Waals surface area contributed by atoms with Crippen molar-refractivity contribution in [2.24, 2.45) is 34.0 Å². The fourth-order valence-corrected chi connectivity index (χ4v) is 9.06. The summed E-state index contributed by atoms with van der Waals surface area (Å²) in [6.45, 7) is 8.62. The zero-order valence-electron chi connectivity index (χ0n) is 15.9. The summed E-state index contributed by atoms with van der Waals surface area (Å²) >= 11 is 0. The second-order valence-corrected chi connectivity index (χ2v) is 10.5. The van der Waals surface area contributed by atoms with Gasteiger partial charge in [0.1, 0.15) is 6.23 Å². The van der Waals surface area contributed by atoms with E-state index in [-0.39, 0.29) is 29.8 Å². The lowest BCUT2D eigenvalue weighted by Gasteiger charge is -2.78. The molecule has 26 heavy (non-hydrogen) atoms. The Bertz CT molecular complexity index is 706. The van der Waals surface area contributed by atoms with Crippen molar-refractivity contribution in [1.29, 1.82) is 0 Å². The number of hydrogen-bond acceptors (Lipinski definition) is 4. The maximum Gasteiger partial charge on any atom is 0.167 e. The van der Waals surface area contributed by atoms with Gasteiger partial charge in [0.25, 0.3) is 0 Å². The van der Waals surface area contributed by atoms with Gasteiger partial charge in [0.05, 0.1) is 18.1 Å². The molecule has 0 amide bonds. The number of nitrogens with zero attached hydrogens (tertiary/aromatic N) is 1. The normalized spacial score (nSPS) is 57.4. The van der Waals surface area contributed by atoms with Crippen molar-refractivity contribution < 1.29 is 14.6 Å². The Morgan fingerprint density at radius 1 is 1.27 bits per heavy atom. The molecule has 8 rings (SSSR count). The van der Waals surface area contributed by atoms with Crippen molar-refractivity contribution in [2.45, 2.75) is 64.2 Å². The molecule has 7 bridgehead atoms. The lowest BCUT2D eigenvalue weighted by Crippen LogP contribution is -2.81. The zero-order valence-corrected chi connectivity index (χ0v) is 15.9. The fraction of sp³-hybridized carbons (Fsp3) is 0.864. The van der Waals surface area contributed by atoms with Gasteiger partial charge in [-0.2, -0.15) is 0 Å². The van der Waals surface area contributed by atoms with Crippen LogP contribution < -0.4 is 0 Å². The SMILES string of the molecule is C=C1C(=O)[C@]23CC[C@H]1CC2[C@@]12CCC[C@@]4(C)CN(CCO)[C@@H]1O[C@@H]3CC42. The maximum atomic E-state index is 13.5. The predicted molar refractivity (Wildman–Crippen MR) is 97.2 cm³/mol. The van der Waals surface area contributed by atoms with Gasteiger partial charge in [0.2, 0.25) is 0 Å². The smallest absolute Gasteiger partial charge is 0.167 e. The molecule has 8 aliphatic rings. The number of ether oxygens (including phenoxy) is 1. The third-order valence-corrected chi connectivity index (χ3v) is 9.81. The Labute approximate surface area is 156 Å². The van der Waals surface area contributed by atoms with E-state index in [0.717, 1.165) is 37.8 Å².